The summed E-state index contributed by atoms with van der Waals surface area (Å²) >= 11 is 0. The maximum atomic E-state index is 8.53. The molecule has 2 rings (SSSR count). The van der Waals surface area contributed by atoms with Crippen LogP contribution in [-0.4, -0.2) is 16.5 Å². The number of hydrogen-bond acceptors (Lipinski definition) is 5. The number of aryl methyl sites for hydroxylation is 1. The van der Waals surface area contributed by atoms with Gasteiger partial charge in [0.1, 0.15) is 24.5 Å². The van der Waals surface area contributed by atoms with Crippen molar-refractivity contribution in [2.24, 2.45) is 0 Å². The van der Waals surface area contributed by atoms with Gasteiger partial charge >= 0.3 is 0 Å². The van der Waals surface area contributed by atoms with Crippen LogP contribution in [-0.2, 0) is 6.42 Å². The third-order valence-corrected chi connectivity index (χ3v) is 2.68. The van der Waals surface area contributed by atoms with Crippen LogP contribution in [0.4, 0.5) is 17.3 Å². The lowest BCUT2D eigenvalue weighted by atomic mass is 10.1. The molecule has 0 unspecified atom stereocenters. The predicted molar refractivity (Wildman–Crippen MR) is 75.2 cm³/mol. The summed E-state index contributed by atoms with van der Waals surface area (Å²) in [5.74, 6) is 1.34. The zero-order chi connectivity index (χ0) is 13.5. The number of para-hydroxylation sites is 1. The van der Waals surface area contributed by atoms with Gasteiger partial charge in [0.15, 0.2) is 0 Å². The van der Waals surface area contributed by atoms with Crippen molar-refractivity contribution >= 4 is 17.3 Å². The minimum Gasteiger partial charge on any atom is -0.357 e. The van der Waals surface area contributed by atoms with E-state index in [0.29, 0.717) is 11.6 Å². The maximum absolute atomic E-state index is 8.53. The molecule has 0 amide bonds. The Balaban J connectivity index is 2.17. The summed E-state index contributed by atoms with van der Waals surface area (Å²) in [7, 11) is 0. The first-order valence-electron chi connectivity index (χ1n) is 6.11. The predicted octanol–water partition coefficient (Wildman–Crippen LogP) is 2.72. The Bertz CT molecular complexity index is 588. The highest BCUT2D eigenvalue weighted by molar-refractivity contribution is 5.62. The number of nitrogens with zero attached hydrogens (tertiary/aromatic N) is 3. The molecular formula is C14H15N5. The average Bonchev–Trinajstić information content (AvgIpc) is 2.46. The van der Waals surface area contributed by atoms with Gasteiger partial charge in [-0.15, -0.1) is 0 Å². The van der Waals surface area contributed by atoms with Crippen LogP contribution in [0.25, 0.3) is 0 Å². The van der Waals surface area contributed by atoms with Crippen molar-refractivity contribution in [3.63, 3.8) is 0 Å². The van der Waals surface area contributed by atoms with E-state index in [-0.39, 0.29) is 6.54 Å². The minimum absolute atomic E-state index is 0.224. The van der Waals surface area contributed by atoms with Gasteiger partial charge < -0.3 is 10.6 Å². The fourth-order valence-electron chi connectivity index (χ4n) is 1.74. The van der Waals surface area contributed by atoms with Crippen molar-refractivity contribution in [3.8, 4) is 6.07 Å². The lowest BCUT2D eigenvalue weighted by Gasteiger charge is -2.10. The highest BCUT2D eigenvalue weighted by Crippen LogP contribution is 2.20. The van der Waals surface area contributed by atoms with Crippen molar-refractivity contribution in [2.45, 2.75) is 13.3 Å². The first kappa shape index (κ1) is 12.8. The molecule has 96 valence electrons. The molecule has 5 nitrogen and oxygen atoms in total. The number of nitriles is 1. The Labute approximate surface area is 112 Å². The molecule has 0 aliphatic carbocycles. The van der Waals surface area contributed by atoms with Crippen molar-refractivity contribution in [2.75, 3.05) is 17.2 Å². The van der Waals surface area contributed by atoms with Gasteiger partial charge in [-0.1, -0.05) is 25.1 Å². The van der Waals surface area contributed by atoms with E-state index in [4.69, 9.17) is 5.26 Å². The summed E-state index contributed by atoms with van der Waals surface area (Å²) in [4.78, 5) is 8.22. The Hall–Kier alpha value is -2.61. The molecule has 0 radical (unpaired) electrons. The molecular weight excluding hydrogens is 238 g/mol. The van der Waals surface area contributed by atoms with Crippen molar-refractivity contribution in [1.82, 2.24) is 9.97 Å². The summed E-state index contributed by atoms with van der Waals surface area (Å²) in [6.07, 6.45) is 2.42. The van der Waals surface area contributed by atoms with Crippen molar-refractivity contribution < 1.29 is 0 Å². The summed E-state index contributed by atoms with van der Waals surface area (Å²) in [6.45, 7) is 2.34. The van der Waals surface area contributed by atoms with E-state index in [1.807, 2.05) is 24.3 Å². The van der Waals surface area contributed by atoms with Crippen LogP contribution in [0.1, 0.15) is 12.5 Å². The quantitative estimate of drug-likeness (QED) is 0.801. The lowest BCUT2D eigenvalue weighted by molar-refractivity contribution is 1.12. The van der Waals surface area contributed by atoms with Gasteiger partial charge in [0.05, 0.1) is 6.07 Å². The third-order valence-electron chi connectivity index (χ3n) is 2.68. The standard InChI is InChI=1S/C14H15N5/c1-2-11-5-3-4-6-12(11)19-14-9-13(16-8-7-15)17-10-18-14/h3-6,9-10H,2,8H2,1H3,(H2,16,17,18,19). The zero-order valence-corrected chi connectivity index (χ0v) is 10.7. The van der Waals surface area contributed by atoms with Crippen LogP contribution in [0.5, 0.6) is 0 Å². The monoisotopic (exact) mass is 253 g/mol. The lowest BCUT2D eigenvalue weighted by Crippen LogP contribution is -2.03. The van der Waals surface area contributed by atoms with E-state index >= 15 is 0 Å². The van der Waals surface area contributed by atoms with Crippen molar-refractivity contribution in [1.29, 1.82) is 5.26 Å². The number of rotatable bonds is 5. The molecule has 5 heteroatoms. The SMILES string of the molecule is CCc1ccccc1Nc1cc(NCC#N)ncn1. The normalized spacial score (nSPS) is 9.68. The molecule has 2 aromatic rings. The first-order chi connectivity index (χ1) is 9.33. The van der Waals surface area contributed by atoms with E-state index in [2.05, 4.69) is 33.6 Å². The van der Waals surface area contributed by atoms with Crippen LogP contribution in [0.15, 0.2) is 36.7 Å². The number of anilines is 3. The Morgan fingerprint density at radius 2 is 2.00 bits per heavy atom. The average molecular weight is 253 g/mol. The van der Waals surface area contributed by atoms with Crippen LogP contribution < -0.4 is 10.6 Å². The van der Waals surface area contributed by atoms with E-state index in [9.17, 15) is 0 Å². The zero-order valence-electron chi connectivity index (χ0n) is 10.7. The minimum atomic E-state index is 0.224. The molecule has 0 bridgehead atoms. The fourth-order valence-corrected chi connectivity index (χ4v) is 1.74. The van der Waals surface area contributed by atoms with Crippen LogP contribution in [0.3, 0.4) is 0 Å². The molecule has 0 spiro atoms. The van der Waals surface area contributed by atoms with Gasteiger partial charge in [-0.05, 0) is 18.1 Å². The molecule has 0 fully saturated rings. The van der Waals surface area contributed by atoms with Gasteiger partial charge in [-0.25, -0.2) is 9.97 Å². The summed E-state index contributed by atoms with van der Waals surface area (Å²) in [5, 5.41) is 14.7. The second-order valence-electron chi connectivity index (χ2n) is 3.94. The molecule has 1 aromatic heterocycles. The molecule has 1 heterocycles. The van der Waals surface area contributed by atoms with Crippen LogP contribution in [0.2, 0.25) is 0 Å². The summed E-state index contributed by atoms with van der Waals surface area (Å²) in [6, 6.07) is 11.9. The number of aromatic nitrogens is 2. The molecule has 0 aliphatic heterocycles. The summed E-state index contributed by atoms with van der Waals surface area (Å²) in [5.41, 5.74) is 2.27. The Morgan fingerprint density at radius 1 is 1.21 bits per heavy atom. The van der Waals surface area contributed by atoms with Gasteiger partial charge in [-0.2, -0.15) is 5.26 Å². The fraction of sp³-hybridized carbons (Fsp3) is 0.214. The maximum Gasteiger partial charge on any atom is 0.135 e. The van der Waals surface area contributed by atoms with E-state index in [0.717, 1.165) is 12.1 Å². The van der Waals surface area contributed by atoms with Gasteiger partial charge in [0.25, 0.3) is 0 Å². The molecule has 2 N–H and O–H groups in total. The molecule has 0 saturated carbocycles. The van der Waals surface area contributed by atoms with Gasteiger partial charge in [-0.3, -0.25) is 0 Å². The number of hydrogen-bond donors (Lipinski definition) is 2. The number of nitrogens with one attached hydrogen (secondary N) is 2. The van der Waals surface area contributed by atoms with E-state index in [1.165, 1.54) is 11.9 Å². The Morgan fingerprint density at radius 3 is 2.79 bits per heavy atom. The number of benzene rings is 1. The topological polar surface area (TPSA) is 73.6 Å². The molecule has 0 aliphatic rings. The van der Waals surface area contributed by atoms with Crippen LogP contribution in [0, 0.1) is 11.3 Å². The van der Waals surface area contributed by atoms with Gasteiger partial charge in [0, 0.05) is 11.8 Å². The first-order valence-corrected chi connectivity index (χ1v) is 6.11. The van der Waals surface area contributed by atoms with Crippen molar-refractivity contribution in [3.05, 3.63) is 42.2 Å². The van der Waals surface area contributed by atoms with Crippen LogP contribution >= 0.6 is 0 Å². The largest absolute Gasteiger partial charge is 0.357 e. The second-order valence-corrected chi connectivity index (χ2v) is 3.94. The van der Waals surface area contributed by atoms with E-state index in [1.54, 1.807) is 6.07 Å². The molecule has 19 heavy (non-hydrogen) atoms. The third kappa shape index (κ3) is 3.42. The second kappa shape index (κ2) is 6.36. The highest BCUT2D eigenvalue weighted by Gasteiger charge is 2.02. The Kier molecular flexibility index (Phi) is 4.29. The summed E-state index contributed by atoms with van der Waals surface area (Å²) < 4.78 is 0. The van der Waals surface area contributed by atoms with E-state index < -0.39 is 0 Å². The molecule has 0 atom stereocenters. The van der Waals surface area contributed by atoms with Gasteiger partial charge in [0.2, 0.25) is 0 Å². The molecule has 1 aromatic carbocycles. The smallest absolute Gasteiger partial charge is 0.135 e. The highest BCUT2D eigenvalue weighted by atomic mass is 15.1. The molecule has 0 saturated heterocycles.